The molecule has 0 bridgehead atoms. The number of rotatable bonds is 5. The van der Waals surface area contributed by atoms with Gasteiger partial charge in [-0.15, -0.1) is 0 Å². The lowest BCUT2D eigenvalue weighted by Crippen LogP contribution is -2.51. The van der Waals surface area contributed by atoms with E-state index in [0.29, 0.717) is 13.0 Å². The van der Waals surface area contributed by atoms with Gasteiger partial charge in [0.1, 0.15) is 0 Å². The predicted octanol–water partition coefficient (Wildman–Crippen LogP) is -0.661. The number of nitrogens with one attached hydrogen (secondary N) is 1. The molecular weight excluding hydrogens is 252 g/mol. The molecule has 0 aliphatic carbocycles. The van der Waals surface area contributed by atoms with E-state index >= 15 is 0 Å². The average Bonchev–Trinajstić information content (AvgIpc) is 2.51. The highest BCUT2D eigenvalue weighted by Gasteiger charge is 2.26. The molecule has 0 spiro atoms. The fraction of sp³-hybridized carbons (Fsp3) is 0.750. The van der Waals surface area contributed by atoms with Crippen LogP contribution in [0.25, 0.3) is 0 Å². The normalized spacial score (nSPS) is 19.5. The highest BCUT2D eigenvalue weighted by Crippen LogP contribution is 2.10. The third-order valence-corrected chi connectivity index (χ3v) is 3.07. The van der Waals surface area contributed by atoms with Crippen LogP contribution in [0.1, 0.15) is 32.6 Å². The summed E-state index contributed by atoms with van der Waals surface area (Å²) in [4.78, 5) is 35.7. The van der Waals surface area contributed by atoms with Gasteiger partial charge in [-0.05, 0) is 19.8 Å². The van der Waals surface area contributed by atoms with Crippen molar-refractivity contribution in [2.45, 2.75) is 44.8 Å². The van der Waals surface area contributed by atoms with E-state index in [4.69, 9.17) is 5.11 Å². The van der Waals surface area contributed by atoms with Crippen molar-refractivity contribution in [3.63, 3.8) is 0 Å². The van der Waals surface area contributed by atoms with Gasteiger partial charge >= 0.3 is 5.97 Å². The second-order valence-electron chi connectivity index (χ2n) is 4.75. The largest absolute Gasteiger partial charge is 0.480 e. The molecule has 19 heavy (non-hydrogen) atoms. The smallest absolute Gasteiger partial charge is 0.328 e. The van der Waals surface area contributed by atoms with Crippen LogP contribution in [0, 0.1) is 0 Å². The third kappa shape index (κ3) is 4.86. The number of nitrogens with zero attached hydrogens (tertiary/aromatic N) is 1. The molecule has 1 rings (SSSR count). The van der Waals surface area contributed by atoms with Gasteiger partial charge in [-0.2, -0.15) is 0 Å². The predicted molar refractivity (Wildman–Crippen MR) is 66.3 cm³/mol. The van der Waals surface area contributed by atoms with E-state index in [-0.39, 0.29) is 12.5 Å². The number of aliphatic hydroxyl groups is 1. The van der Waals surface area contributed by atoms with Crippen molar-refractivity contribution in [2.75, 3.05) is 13.1 Å². The van der Waals surface area contributed by atoms with Crippen LogP contribution in [0.3, 0.4) is 0 Å². The minimum atomic E-state index is -1.35. The SMILES string of the molecule is CC(O)C(NC(=O)CN1CCCCCC1=O)C(=O)O. The van der Waals surface area contributed by atoms with Gasteiger partial charge in [-0.1, -0.05) is 6.42 Å². The van der Waals surface area contributed by atoms with Crippen molar-refractivity contribution in [1.29, 1.82) is 0 Å². The topological polar surface area (TPSA) is 107 Å². The maximum absolute atomic E-state index is 11.7. The molecule has 0 saturated carbocycles. The summed E-state index contributed by atoms with van der Waals surface area (Å²) in [7, 11) is 0. The Morgan fingerprint density at radius 1 is 1.37 bits per heavy atom. The van der Waals surface area contributed by atoms with E-state index in [9.17, 15) is 19.5 Å². The molecule has 108 valence electrons. The van der Waals surface area contributed by atoms with E-state index in [0.717, 1.165) is 19.3 Å². The first kappa shape index (κ1) is 15.4. The molecule has 0 radical (unpaired) electrons. The van der Waals surface area contributed by atoms with Crippen LogP contribution in [0.2, 0.25) is 0 Å². The van der Waals surface area contributed by atoms with Gasteiger partial charge in [0.25, 0.3) is 0 Å². The summed E-state index contributed by atoms with van der Waals surface area (Å²) < 4.78 is 0. The van der Waals surface area contributed by atoms with Crippen LogP contribution >= 0.6 is 0 Å². The van der Waals surface area contributed by atoms with E-state index in [2.05, 4.69) is 5.32 Å². The van der Waals surface area contributed by atoms with Gasteiger partial charge in [0.2, 0.25) is 11.8 Å². The maximum atomic E-state index is 11.7. The summed E-state index contributed by atoms with van der Waals surface area (Å²) in [6.45, 7) is 1.64. The lowest BCUT2D eigenvalue weighted by molar-refractivity contribution is -0.145. The Morgan fingerprint density at radius 2 is 2.05 bits per heavy atom. The van der Waals surface area contributed by atoms with Crippen LogP contribution in [0.4, 0.5) is 0 Å². The molecular formula is C12H20N2O5. The zero-order chi connectivity index (χ0) is 14.4. The molecule has 0 aromatic heterocycles. The molecule has 3 N–H and O–H groups in total. The third-order valence-electron chi connectivity index (χ3n) is 3.07. The van der Waals surface area contributed by atoms with Crippen LogP contribution in [0.5, 0.6) is 0 Å². The van der Waals surface area contributed by atoms with Crippen LogP contribution in [0.15, 0.2) is 0 Å². The first-order valence-corrected chi connectivity index (χ1v) is 6.40. The van der Waals surface area contributed by atoms with Gasteiger partial charge in [-0.3, -0.25) is 9.59 Å². The Balaban J connectivity index is 2.53. The van der Waals surface area contributed by atoms with Crippen molar-refractivity contribution in [3.05, 3.63) is 0 Å². The number of carboxylic acid groups (broad SMARTS) is 1. The minimum absolute atomic E-state index is 0.0865. The standard InChI is InChI=1S/C12H20N2O5/c1-8(15)11(12(18)19)13-9(16)7-14-6-4-2-3-5-10(14)17/h8,11,15H,2-7H2,1H3,(H,13,16)(H,18,19). The number of hydrogen-bond donors (Lipinski definition) is 3. The number of hydrogen-bond acceptors (Lipinski definition) is 4. The van der Waals surface area contributed by atoms with Crippen molar-refractivity contribution < 1.29 is 24.6 Å². The Bertz CT molecular complexity index is 356. The number of aliphatic hydroxyl groups excluding tert-OH is 1. The van der Waals surface area contributed by atoms with Gasteiger partial charge in [0, 0.05) is 13.0 Å². The minimum Gasteiger partial charge on any atom is -0.480 e. The van der Waals surface area contributed by atoms with Crippen LogP contribution in [-0.4, -0.2) is 58.1 Å². The molecule has 0 aromatic carbocycles. The molecule has 0 aromatic rings. The Hall–Kier alpha value is -1.63. The molecule has 7 heteroatoms. The van der Waals surface area contributed by atoms with Crippen molar-refractivity contribution in [1.82, 2.24) is 10.2 Å². The van der Waals surface area contributed by atoms with E-state index in [1.807, 2.05) is 0 Å². The van der Waals surface area contributed by atoms with Crippen molar-refractivity contribution >= 4 is 17.8 Å². The van der Waals surface area contributed by atoms with E-state index < -0.39 is 24.0 Å². The van der Waals surface area contributed by atoms with E-state index in [1.54, 1.807) is 0 Å². The fourth-order valence-corrected chi connectivity index (χ4v) is 1.99. The van der Waals surface area contributed by atoms with Crippen molar-refractivity contribution in [2.24, 2.45) is 0 Å². The highest BCUT2D eigenvalue weighted by atomic mass is 16.4. The zero-order valence-electron chi connectivity index (χ0n) is 11.0. The van der Waals surface area contributed by atoms with Gasteiger partial charge in [0.05, 0.1) is 12.6 Å². The number of carboxylic acids is 1. The number of likely N-dealkylation sites (tertiary alicyclic amines) is 1. The average molecular weight is 272 g/mol. The molecule has 1 fully saturated rings. The summed E-state index contributed by atoms with van der Waals surface area (Å²) in [6.07, 6.45) is 1.85. The molecule has 1 saturated heterocycles. The lowest BCUT2D eigenvalue weighted by Gasteiger charge is -2.22. The summed E-state index contributed by atoms with van der Waals surface area (Å²) in [5, 5.41) is 20.3. The molecule has 2 amide bonds. The van der Waals surface area contributed by atoms with Gasteiger partial charge < -0.3 is 20.4 Å². The number of amides is 2. The van der Waals surface area contributed by atoms with Crippen molar-refractivity contribution in [3.8, 4) is 0 Å². The summed E-state index contributed by atoms with van der Waals surface area (Å²) in [5.74, 6) is -1.95. The maximum Gasteiger partial charge on any atom is 0.328 e. The monoisotopic (exact) mass is 272 g/mol. The molecule has 7 nitrogen and oxygen atoms in total. The second-order valence-corrected chi connectivity index (χ2v) is 4.75. The summed E-state index contributed by atoms with van der Waals surface area (Å²) in [6, 6.07) is -1.35. The Morgan fingerprint density at radius 3 is 2.63 bits per heavy atom. The molecule has 1 heterocycles. The Kier molecular flexibility index (Phi) is 5.75. The summed E-state index contributed by atoms with van der Waals surface area (Å²) in [5.41, 5.74) is 0. The molecule has 1 aliphatic heterocycles. The zero-order valence-corrected chi connectivity index (χ0v) is 11.0. The molecule has 2 unspecified atom stereocenters. The lowest BCUT2D eigenvalue weighted by atomic mass is 10.2. The molecule has 2 atom stereocenters. The van der Waals surface area contributed by atoms with Crippen LogP contribution in [-0.2, 0) is 14.4 Å². The second kappa shape index (κ2) is 7.08. The first-order valence-electron chi connectivity index (χ1n) is 6.40. The number of carbonyl (C=O) groups excluding carboxylic acids is 2. The highest BCUT2D eigenvalue weighted by molar-refractivity contribution is 5.88. The Labute approximate surface area is 111 Å². The molecule has 1 aliphatic rings. The number of aliphatic carboxylic acids is 1. The number of carbonyl (C=O) groups is 3. The first-order chi connectivity index (χ1) is 8.91. The van der Waals surface area contributed by atoms with E-state index in [1.165, 1.54) is 11.8 Å². The van der Waals surface area contributed by atoms with Gasteiger partial charge in [0.15, 0.2) is 6.04 Å². The fourth-order valence-electron chi connectivity index (χ4n) is 1.99. The van der Waals surface area contributed by atoms with Crippen LogP contribution < -0.4 is 5.32 Å². The summed E-state index contributed by atoms with van der Waals surface area (Å²) >= 11 is 0. The quantitative estimate of drug-likeness (QED) is 0.616. The van der Waals surface area contributed by atoms with Gasteiger partial charge in [-0.25, -0.2) is 4.79 Å².